The zero-order valence-corrected chi connectivity index (χ0v) is 21.0. The lowest BCUT2D eigenvalue weighted by Gasteiger charge is -2.22. The first-order valence-corrected chi connectivity index (χ1v) is 12.8. The Morgan fingerprint density at radius 2 is 0.895 bits per heavy atom. The summed E-state index contributed by atoms with van der Waals surface area (Å²) in [6.07, 6.45) is 0. The van der Waals surface area contributed by atoms with Gasteiger partial charge in [-0.1, -0.05) is 121 Å². The molecule has 0 fully saturated rings. The van der Waals surface area contributed by atoms with Crippen molar-refractivity contribution in [3.05, 3.63) is 152 Å². The number of benzene rings is 6. The van der Waals surface area contributed by atoms with E-state index in [0.29, 0.717) is 0 Å². The molecule has 0 spiro atoms. The lowest BCUT2D eigenvalue weighted by molar-refractivity contribution is 1.51. The van der Waals surface area contributed by atoms with E-state index in [1.54, 1.807) is 0 Å². The Labute approximate surface area is 224 Å². The van der Waals surface area contributed by atoms with Gasteiger partial charge in [0.2, 0.25) is 0 Å². The van der Waals surface area contributed by atoms with E-state index >= 15 is 0 Å². The number of anilines is 3. The molecule has 2 nitrogen and oxygen atoms in total. The van der Waals surface area contributed by atoms with E-state index in [1.165, 1.54) is 5.56 Å². The van der Waals surface area contributed by atoms with Crippen LogP contribution in [-0.4, -0.2) is 0 Å². The molecule has 0 saturated carbocycles. The van der Waals surface area contributed by atoms with Crippen molar-refractivity contribution in [3.8, 4) is 44.5 Å². The average Bonchev–Trinajstić information content (AvgIpc) is 2.99. The SMILES string of the molecule is Nc1ccc(-c2ccc(Nc3ccccc3)c(-c3ccccc3)c2-c2ccccc2)c(-c2ccccc2)c1. The fourth-order valence-corrected chi connectivity index (χ4v) is 5.07. The van der Waals surface area contributed by atoms with Gasteiger partial charge < -0.3 is 11.1 Å². The average molecular weight is 489 g/mol. The number of nitrogen functional groups attached to an aromatic ring is 1. The second kappa shape index (κ2) is 10.5. The molecule has 0 bridgehead atoms. The van der Waals surface area contributed by atoms with E-state index in [9.17, 15) is 0 Å². The number of para-hydroxylation sites is 1. The standard InChI is InChI=1S/C36H28N2/c37-29-21-22-31(33(25-29)26-13-5-1-6-14-26)32-23-24-34(38-30-19-11-4-12-20-30)36(28-17-9-3-10-18-28)35(32)27-15-7-2-8-16-27/h1-25,38H,37H2. The van der Waals surface area contributed by atoms with Crippen molar-refractivity contribution in [3.63, 3.8) is 0 Å². The molecule has 0 aliphatic carbocycles. The van der Waals surface area contributed by atoms with Crippen LogP contribution in [0.3, 0.4) is 0 Å². The highest BCUT2D eigenvalue weighted by atomic mass is 14.9. The lowest BCUT2D eigenvalue weighted by Crippen LogP contribution is -1.99. The fraction of sp³-hybridized carbons (Fsp3) is 0. The summed E-state index contributed by atoms with van der Waals surface area (Å²) in [7, 11) is 0. The summed E-state index contributed by atoms with van der Waals surface area (Å²) in [6, 6.07) is 52.7. The highest BCUT2D eigenvalue weighted by Crippen LogP contribution is 2.47. The van der Waals surface area contributed by atoms with Crippen LogP contribution in [0, 0.1) is 0 Å². The Kier molecular flexibility index (Phi) is 6.44. The second-order valence-corrected chi connectivity index (χ2v) is 9.30. The molecule has 182 valence electrons. The Morgan fingerprint density at radius 3 is 1.50 bits per heavy atom. The van der Waals surface area contributed by atoms with E-state index in [-0.39, 0.29) is 0 Å². The second-order valence-electron chi connectivity index (χ2n) is 9.30. The van der Waals surface area contributed by atoms with Crippen molar-refractivity contribution < 1.29 is 0 Å². The molecule has 0 atom stereocenters. The smallest absolute Gasteiger partial charge is 0.0470 e. The number of nitrogens with one attached hydrogen (secondary N) is 1. The maximum atomic E-state index is 6.31. The normalized spacial score (nSPS) is 10.7. The summed E-state index contributed by atoms with van der Waals surface area (Å²) >= 11 is 0. The van der Waals surface area contributed by atoms with Crippen molar-refractivity contribution in [1.29, 1.82) is 0 Å². The predicted octanol–water partition coefficient (Wildman–Crippen LogP) is 9.68. The third-order valence-electron chi connectivity index (χ3n) is 6.80. The molecule has 0 amide bonds. The maximum absolute atomic E-state index is 6.31. The molecule has 6 rings (SSSR count). The first kappa shape index (κ1) is 23.3. The summed E-state index contributed by atoms with van der Waals surface area (Å²) in [4.78, 5) is 0. The van der Waals surface area contributed by atoms with Crippen molar-refractivity contribution in [2.45, 2.75) is 0 Å². The third kappa shape index (κ3) is 4.68. The van der Waals surface area contributed by atoms with Crippen molar-refractivity contribution in [1.82, 2.24) is 0 Å². The van der Waals surface area contributed by atoms with E-state index in [0.717, 1.165) is 56.0 Å². The quantitative estimate of drug-likeness (QED) is 0.229. The lowest BCUT2D eigenvalue weighted by atomic mass is 9.84. The van der Waals surface area contributed by atoms with Gasteiger partial charge in [-0.25, -0.2) is 0 Å². The van der Waals surface area contributed by atoms with Gasteiger partial charge in [-0.05, 0) is 69.3 Å². The Balaban J connectivity index is 1.68. The van der Waals surface area contributed by atoms with Gasteiger partial charge in [0.1, 0.15) is 0 Å². The molecule has 38 heavy (non-hydrogen) atoms. The minimum absolute atomic E-state index is 0.750. The number of rotatable bonds is 6. The minimum Gasteiger partial charge on any atom is -0.399 e. The minimum atomic E-state index is 0.750. The third-order valence-corrected chi connectivity index (χ3v) is 6.80. The van der Waals surface area contributed by atoms with Gasteiger partial charge in [-0.2, -0.15) is 0 Å². The van der Waals surface area contributed by atoms with E-state index in [1.807, 2.05) is 18.2 Å². The van der Waals surface area contributed by atoms with Gasteiger partial charge in [0.25, 0.3) is 0 Å². The highest BCUT2D eigenvalue weighted by molar-refractivity contribution is 6.03. The van der Waals surface area contributed by atoms with Gasteiger partial charge in [0.05, 0.1) is 0 Å². The molecule has 2 heteroatoms. The zero-order valence-electron chi connectivity index (χ0n) is 21.0. The van der Waals surface area contributed by atoms with Crippen molar-refractivity contribution in [2.75, 3.05) is 11.1 Å². The molecule has 6 aromatic carbocycles. The first-order valence-electron chi connectivity index (χ1n) is 12.8. The summed E-state index contributed by atoms with van der Waals surface area (Å²) in [5, 5.41) is 3.70. The maximum Gasteiger partial charge on any atom is 0.0470 e. The zero-order chi connectivity index (χ0) is 25.7. The van der Waals surface area contributed by atoms with E-state index in [2.05, 4.69) is 139 Å². The molecule has 0 unspecified atom stereocenters. The molecular weight excluding hydrogens is 460 g/mol. The molecule has 0 aliphatic heterocycles. The van der Waals surface area contributed by atoms with Crippen molar-refractivity contribution in [2.24, 2.45) is 0 Å². The van der Waals surface area contributed by atoms with Crippen LogP contribution < -0.4 is 11.1 Å². The summed E-state index contributed by atoms with van der Waals surface area (Å²) in [6.45, 7) is 0. The molecule has 0 radical (unpaired) electrons. The molecule has 6 aromatic rings. The Bertz CT molecular complexity index is 1660. The Morgan fingerprint density at radius 1 is 0.395 bits per heavy atom. The van der Waals surface area contributed by atoms with Gasteiger partial charge in [-0.3, -0.25) is 0 Å². The topological polar surface area (TPSA) is 38.0 Å². The van der Waals surface area contributed by atoms with Gasteiger partial charge in [0.15, 0.2) is 0 Å². The van der Waals surface area contributed by atoms with Crippen LogP contribution in [0.4, 0.5) is 17.1 Å². The first-order chi connectivity index (χ1) is 18.8. The van der Waals surface area contributed by atoms with Gasteiger partial charge in [0, 0.05) is 22.6 Å². The predicted molar refractivity (Wildman–Crippen MR) is 162 cm³/mol. The van der Waals surface area contributed by atoms with Crippen LogP contribution in [0.2, 0.25) is 0 Å². The van der Waals surface area contributed by atoms with Crippen LogP contribution in [0.15, 0.2) is 152 Å². The fourth-order valence-electron chi connectivity index (χ4n) is 5.07. The molecule has 0 heterocycles. The molecule has 0 aromatic heterocycles. The molecule has 0 aliphatic rings. The van der Waals surface area contributed by atoms with Crippen LogP contribution in [0.5, 0.6) is 0 Å². The summed E-state index contributed by atoms with van der Waals surface area (Å²) < 4.78 is 0. The molecule has 3 N–H and O–H groups in total. The van der Waals surface area contributed by atoms with Gasteiger partial charge in [-0.15, -0.1) is 0 Å². The van der Waals surface area contributed by atoms with E-state index < -0.39 is 0 Å². The van der Waals surface area contributed by atoms with Crippen molar-refractivity contribution >= 4 is 17.1 Å². The monoisotopic (exact) mass is 488 g/mol. The van der Waals surface area contributed by atoms with Crippen LogP contribution >= 0.6 is 0 Å². The van der Waals surface area contributed by atoms with Crippen LogP contribution in [0.25, 0.3) is 44.5 Å². The number of nitrogens with two attached hydrogens (primary N) is 1. The van der Waals surface area contributed by atoms with Gasteiger partial charge >= 0.3 is 0 Å². The Hall–Kier alpha value is -5.08. The number of hydrogen-bond acceptors (Lipinski definition) is 2. The highest BCUT2D eigenvalue weighted by Gasteiger charge is 2.20. The van der Waals surface area contributed by atoms with E-state index in [4.69, 9.17) is 5.73 Å². The molecule has 0 saturated heterocycles. The summed E-state index contributed by atoms with van der Waals surface area (Å²) in [5.74, 6) is 0. The van der Waals surface area contributed by atoms with Crippen LogP contribution in [0.1, 0.15) is 0 Å². The largest absolute Gasteiger partial charge is 0.399 e. The molecular formula is C36H28N2. The summed E-state index contributed by atoms with van der Waals surface area (Å²) in [5.41, 5.74) is 18.4. The number of hydrogen-bond donors (Lipinski definition) is 2. The van der Waals surface area contributed by atoms with Crippen LogP contribution in [-0.2, 0) is 0 Å².